The van der Waals surface area contributed by atoms with E-state index in [9.17, 15) is 18.3 Å². The van der Waals surface area contributed by atoms with Gasteiger partial charge >= 0.3 is 0 Å². The average molecular weight is 242 g/mol. The van der Waals surface area contributed by atoms with Gasteiger partial charge in [0.15, 0.2) is 0 Å². The third kappa shape index (κ3) is 2.96. The molecule has 0 heterocycles. The van der Waals surface area contributed by atoms with E-state index < -0.39 is 22.5 Å². The Labute approximate surface area is 94.4 Å². The minimum absolute atomic E-state index is 0.356. The van der Waals surface area contributed by atoms with Crippen molar-refractivity contribution in [2.45, 2.75) is 6.92 Å². The number of nitrogens with zero attached hydrogens (tertiary/aromatic N) is 1. The smallest absolute Gasteiger partial charge is 0.232 e. The number of aryl methyl sites for hydroxylation is 1. The second-order valence-corrected chi connectivity index (χ2v) is 5.33. The van der Waals surface area contributed by atoms with Crippen LogP contribution in [0.3, 0.4) is 0 Å². The standard InChI is InChI=1S/C10H13NO4S/c1-8-5-3-4-6-9(8)11(7-10(12)13)16(2,14)15/h3-6H,7H2,1-2H3,(H,12,13)/p-1. The molecule has 6 heteroatoms. The SMILES string of the molecule is Cc1ccccc1N(CC(=O)[O-])S(C)(=O)=O. The molecule has 0 aliphatic heterocycles. The fraction of sp³-hybridized carbons (Fsp3) is 0.300. The Morgan fingerprint density at radius 3 is 2.38 bits per heavy atom. The monoisotopic (exact) mass is 242 g/mol. The van der Waals surface area contributed by atoms with Crippen LogP contribution in [0, 0.1) is 6.92 Å². The summed E-state index contributed by atoms with van der Waals surface area (Å²) in [5, 5.41) is 10.5. The number of carbonyl (C=O) groups is 1. The maximum absolute atomic E-state index is 11.5. The van der Waals surface area contributed by atoms with E-state index in [4.69, 9.17) is 0 Å². The van der Waals surface area contributed by atoms with Gasteiger partial charge in [-0.25, -0.2) is 8.42 Å². The fourth-order valence-corrected chi connectivity index (χ4v) is 2.24. The number of hydrogen-bond acceptors (Lipinski definition) is 4. The molecule has 0 radical (unpaired) electrons. The van der Waals surface area contributed by atoms with E-state index >= 15 is 0 Å². The highest BCUT2D eigenvalue weighted by atomic mass is 32.2. The van der Waals surface area contributed by atoms with E-state index in [0.29, 0.717) is 11.3 Å². The van der Waals surface area contributed by atoms with Gasteiger partial charge in [0.25, 0.3) is 0 Å². The summed E-state index contributed by atoms with van der Waals surface area (Å²) in [4.78, 5) is 10.5. The third-order valence-electron chi connectivity index (χ3n) is 2.06. The van der Waals surface area contributed by atoms with E-state index in [0.717, 1.165) is 10.6 Å². The van der Waals surface area contributed by atoms with Crippen LogP contribution in [0.4, 0.5) is 5.69 Å². The molecule has 0 saturated heterocycles. The molecule has 0 aromatic heterocycles. The lowest BCUT2D eigenvalue weighted by Crippen LogP contribution is -2.41. The quantitative estimate of drug-likeness (QED) is 0.714. The number of anilines is 1. The van der Waals surface area contributed by atoms with E-state index in [1.54, 1.807) is 31.2 Å². The molecular weight excluding hydrogens is 230 g/mol. The van der Waals surface area contributed by atoms with Crippen molar-refractivity contribution in [3.05, 3.63) is 29.8 Å². The van der Waals surface area contributed by atoms with Crippen molar-refractivity contribution in [1.29, 1.82) is 0 Å². The van der Waals surface area contributed by atoms with Crippen molar-refractivity contribution < 1.29 is 18.3 Å². The minimum Gasteiger partial charge on any atom is -0.548 e. The lowest BCUT2D eigenvalue weighted by atomic mass is 10.2. The Kier molecular flexibility index (Phi) is 3.54. The molecule has 0 spiro atoms. The van der Waals surface area contributed by atoms with E-state index in [2.05, 4.69) is 0 Å². The Hall–Kier alpha value is -1.56. The van der Waals surface area contributed by atoms with Crippen LogP contribution in [0.25, 0.3) is 0 Å². The van der Waals surface area contributed by atoms with E-state index in [-0.39, 0.29) is 0 Å². The molecule has 0 fully saturated rings. The van der Waals surface area contributed by atoms with Crippen LogP contribution in [-0.2, 0) is 14.8 Å². The molecule has 1 rings (SSSR count). The van der Waals surface area contributed by atoms with Crippen molar-refractivity contribution in [1.82, 2.24) is 0 Å². The largest absolute Gasteiger partial charge is 0.548 e. The zero-order chi connectivity index (χ0) is 12.3. The van der Waals surface area contributed by atoms with Gasteiger partial charge in [-0.3, -0.25) is 4.31 Å². The predicted molar refractivity (Wildman–Crippen MR) is 58.4 cm³/mol. The highest BCUT2D eigenvalue weighted by Crippen LogP contribution is 2.21. The Morgan fingerprint density at radius 2 is 1.94 bits per heavy atom. The Morgan fingerprint density at radius 1 is 1.38 bits per heavy atom. The van der Waals surface area contributed by atoms with Gasteiger partial charge in [0.1, 0.15) is 0 Å². The number of hydrogen-bond donors (Lipinski definition) is 0. The second-order valence-electron chi connectivity index (χ2n) is 3.43. The van der Waals surface area contributed by atoms with Gasteiger partial charge in [-0.2, -0.15) is 0 Å². The molecule has 1 aromatic carbocycles. The van der Waals surface area contributed by atoms with E-state index in [1.807, 2.05) is 0 Å². The molecule has 0 saturated carbocycles. The first kappa shape index (κ1) is 12.5. The maximum atomic E-state index is 11.5. The molecule has 16 heavy (non-hydrogen) atoms. The van der Waals surface area contributed by atoms with Crippen LogP contribution in [0.15, 0.2) is 24.3 Å². The van der Waals surface area contributed by atoms with Crippen molar-refractivity contribution >= 4 is 21.7 Å². The summed E-state index contributed by atoms with van der Waals surface area (Å²) in [6.45, 7) is 1.03. The summed E-state index contributed by atoms with van der Waals surface area (Å²) >= 11 is 0. The number of para-hydroxylation sites is 1. The molecule has 0 amide bonds. The molecule has 0 atom stereocenters. The summed E-state index contributed by atoms with van der Waals surface area (Å²) in [5.74, 6) is -1.44. The highest BCUT2D eigenvalue weighted by molar-refractivity contribution is 7.92. The summed E-state index contributed by atoms with van der Waals surface area (Å²) in [6.07, 6.45) is 0.961. The Bertz CT molecular complexity index is 495. The molecule has 0 aliphatic rings. The molecular formula is C10H12NO4S-. The number of rotatable bonds is 4. The van der Waals surface area contributed by atoms with Gasteiger partial charge in [0.2, 0.25) is 10.0 Å². The van der Waals surface area contributed by atoms with Crippen LogP contribution < -0.4 is 9.41 Å². The van der Waals surface area contributed by atoms with Gasteiger partial charge in [0, 0.05) is 0 Å². The first-order chi connectivity index (χ1) is 7.32. The second kappa shape index (κ2) is 4.52. The highest BCUT2D eigenvalue weighted by Gasteiger charge is 2.18. The first-order valence-electron chi connectivity index (χ1n) is 4.55. The molecule has 0 N–H and O–H groups in total. The zero-order valence-electron chi connectivity index (χ0n) is 9.00. The average Bonchev–Trinajstić information content (AvgIpc) is 2.13. The molecule has 0 unspecified atom stereocenters. The summed E-state index contributed by atoms with van der Waals surface area (Å²) in [7, 11) is -3.62. The van der Waals surface area contributed by atoms with Gasteiger partial charge in [-0.1, -0.05) is 18.2 Å². The normalized spacial score (nSPS) is 11.1. The van der Waals surface area contributed by atoms with Crippen molar-refractivity contribution in [3.63, 3.8) is 0 Å². The number of carboxylic acid groups (broad SMARTS) is 1. The number of aliphatic carboxylic acids is 1. The zero-order valence-corrected chi connectivity index (χ0v) is 9.82. The minimum atomic E-state index is -3.62. The maximum Gasteiger partial charge on any atom is 0.232 e. The molecule has 1 aromatic rings. The van der Waals surface area contributed by atoms with Crippen LogP contribution in [-0.4, -0.2) is 27.2 Å². The topological polar surface area (TPSA) is 77.5 Å². The molecule has 88 valence electrons. The lowest BCUT2D eigenvalue weighted by Gasteiger charge is -2.24. The van der Waals surface area contributed by atoms with Crippen molar-refractivity contribution in [2.24, 2.45) is 0 Å². The van der Waals surface area contributed by atoms with E-state index in [1.165, 1.54) is 0 Å². The van der Waals surface area contributed by atoms with Gasteiger partial charge in [-0.05, 0) is 18.6 Å². The van der Waals surface area contributed by atoms with Crippen molar-refractivity contribution in [3.8, 4) is 0 Å². The number of benzene rings is 1. The summed E-state index contributed by atoms with van der Waals surface area (Å²) < 4.78 is 23.7. The predicted octanol–water partition coefficient (Wildman–Crippen LogP) is -0.489. The number of carboxylic acids is 1. The van der Waals surface area contributed by atoms with Gasteiger partial charge < -0.3 is 9.90 Å². The summed E-state index contributed by atoms with van der Waals surface area (Å²) in [5.41, 5.74) is 1.04. The van der Waals surface area contributed by atoms with Crippen LogP contribution >= 0.6 is 0 Å². The first-order valence-corrected chi connectivity index (χ1v) is 6.40. The van der Waals surface area contributed by atoms with Crippen LogP contribution in [0.2, 0.25) is 0 Å². The van der Waals surface area contributed by atoms with Gasteiger partial charge in [-0.15, -0.1) is 0 Å². The Balaban J connectivity index is 3.22. The molecule has 0 aliphatic carbocycles. The van der Waals surface area contributed by atoms with Crippen LogP contribution in [0.1, 0.15) is 5.56 Å². The number of carbonyl (C=O) groups excluding carboxylic acids is 1. The molecule has 5 nitrogen and oxygen atoms in total. The summed E-state index contributed by atoms with van der Waals surface area (Å²) in [6, 6.07) is 6.66. The number of sulfonamides is 1. The fourth-order valence-electron chi connectivity index (χ4n) is 1.34. The van der Waals surface area contributed by atoms with Gasteiger partial charge in [0.05, 0.1) is 24.5 Å². The lowest BCUT2D eigenvalue weighted by molar-refractivity contribution is -0.303. The van der Waals surface area contributed by atoms with Crippen molar-refractivity contribution in [2.75, 3.05) is 17.1 Å². The van der Waals surface area contributed by atoms with Crippen LogP contribution in [0.5, 0.6) is 0 Å². The third-order valence-corrected chi connectivity index (χ3v) is 3.18. The molecule has 0 bridgehead atoms.